The molecule has 0 unspecified atom stereocenters. The van der Waals surface area contributed by atoms with Crippen molar-refractivity contribution in [3.05, 3.63) is 18.7 Å². The molecule has 5 heteroatoms. The van der Waals surface area contributed by atoms with Crippen molar-refractivity contribution in [2.75, 3.05) is 12.0 Å². The predicted octanol–water partition coefficient (Wildman–Crippen LogP) is 2.10. The number of hydrogen-bond donors (Lipinski definition) is 1. The molecule has 0 saturated heterocycles. The minimum atomic E-state index is -0.0988. The lowest BCUT2D eigenvalue weighted by atomic mass is 9.89. The van der Waals surface area contributed by atoms with Crippen LogP contribution in [0, 0.1) is 5.41 Å². The highest BCUT2D eigenvalue weighted by molar-refractivity contribution is 7.98. The van der Waals surface area contributed by atoms with Crippen LogP contribution >= 0.6 is 11.8 Å². The zero-order valence-corrected chi connectivity index (χ0v) is 10.2. The van der Waals surface area contributed by atoms with E-state index in [0.29, 0.717) is 6.54 Å². The Kier molecular flexibility index (Phi) is 4.20. The maximum absolute atomic E-state index is 9.03. The Morgan fingerprint density at radius 2 is 2.33 bits per heavy atom. The molecule has 1 aromatic rings. The smallest absolute Gasteiger partial charge is 0.0949 e. The van der Waals surface area contributed by atoms with Gasteiger partial charge in [-0.1, -0.05) is 19.0 Å². The number of imidazole rings is 1. The first-order valence-corrected chi connectivity index (χ1v) is 6.15. The zero-order valence-electron chi connectivity index (χ0n) is 9.34. The minimum Gasteiger partial charge on any atom is -0.411 e. The number of hydrogen-bond acceptors (Lipinski definition) is 4. The van der Waals surface area contributed by atoms with E-state index in [2.05, 4.69) is 24.0 Å². The number of thioether (sulfide) groups is 1. The highest BCUT2D eigenvalue weighted by Gasteiger charge is 2.25. The van der Waals surface area contributed by atoms with Gasteiger partial charge in [-0.25, -0.2) is 4.98 Å². The Labute approximate surface area is 94.4 Å². The van der Waals surface area contributed by atoms with Crippen LogP contribution in [0.4, 0.5) is 0 Å². The molecule has 0 amide bonds. The van der Waals surface area contributed by atoms with Crippen molar-refractivity contribution in [2.24, 2.45) is 10.6 Å². The molecule has 0 aliphatic rings. The molecule has 0 aliphatic heterocycles. The second-order valence-electron chi connectivity index (χ2n) is 4.10. The SMILES string of the molecule is CSCC(C)(C)/C(Cn1ccnc1)=N\O. The van der Waals surface area contributed by atoms with E-state index in [-0.39, 0.29) is 5.41 Å². The van der Waals surface area contributed by atoms with E-state index < -0.39 is 0 Å². The van der Waals surface area contributed by atoms with Gasteiger partial charge in [0.05, 0.1) is 18.6 Å². The van der Waals surface area contributed by atoms with Gasteiger partial charge in [0.2, 0.25) is 0 Å². The van der Waals surface area contributed by atoms with Gasteiger partial charge in [0.25, 0.3) is 0 Å². The molecule has 0 saturated carbocycles. The molecule has 0 atom stereocenters. The van der Waals surface area contributed by atoms with Crippen LogP contribution in [-0.4, -0.2) is 32.5 Å². The van der Waals surface area contributed by atoms with Gasteiger partial charge in [-0.2, -0.15) is 11.8 Å². The summed E-state index contributed by atoms with van der Waals surface area (Å²) in [4.78, 5) is 3.96. The van der Waals surface area contributed by atoms with Crippen LogP contribution in [0.5, 0.6) is 0 Å². The molecule has 0 aromatic carbocycles. The second kappa shape index (κ2) is 5.21. The first kappa shape index (κ1) is 12.1. The summed E-state index contributed by atoms with van der Waals surface area (Å²) in [7, 11) is 0. The summed E-state index contributed by atoms with van der Waals surface area (Å²) < 4.78 is 1.90. The lowest BCUT2D eigenvalue weighted by molar-refractivity contribution is 0.308. The van der Waals surface area contributed by atoms with E-state index in [0.717, 1.165) is 11.5 Å². The summed E-state index contributed by atoms with van der Waals surface area (Å²) >= 11 is 1.75. The van der Waals surface area contributed by atoms with Crippen molar-refractivity contribution in [1.29, 1.82) is 0 Å². The molecule has 0 aliphatic carbocycles. The standard InChI is InChI=1S/C10H17N3OS/c1-10(2,7-15-3)9(12-14)6-13-5-4-11-8-13/h4-5,8,14H,6-7H2,1-3H3/b12-9-. The lowest BCUT2D eigenvalue weighted by Crippen LogP contribution is -2.30. The Hall–Kier alpha value is -0.970. The van der Waals surface area contributed by atoms with Crippen molar-refractivity contribution in [3.63, 3.8) is 0 Å². The highest BCUT2D eigenvalue weighted by atomic mass is 32.2. The fourth-order valence-electron chi connectivity index (χ4n) is 1.38. The van der Waals surface area contributed by atoms with Crippen LogP contribution in [0.25, 0.3) is 0 Å². The van der Waals surface area contributed by atoms with Crippen LogP contribution in [-0.2, 0) is 6.54 Å². The molecule has 84 valence electrons. The van der Waals surface area contributed by atoms with Crippen molar-refractivity contribution in [2.45, 2.75) is 20.4 Å². The summed E-state index contributed by atoms with van der Waals surface area (Å²) in [6, 6.07) is 0. The number of nitrogens with zero attached hydrogens (tertiary/aromatic N) is 3. The lowest BCUT2D eigenvalue weighted by Gasteiger charge is -2.24. The highest BCUT2D eigenvalue weighted by Crippen LogP contribution is 2.23. The van der Waals surface area contributed by atoms with Gasteiger partial charge in [-0.05, 0) is 6.26 Å². The normalized spacial score (nSPS) is 13.1. The zero-order chi connectivity index (χ0) is 11.3. The molecular weight excluding hydrogens is 210 g/mol. The van der Waals surface area contributed by atoms with Crippen molar-refractivity contribution >= 4 is 17.5 Å². The van der Waals surface area contributed by atoms with Gasteiger partial charge in [0.15, 0.2) is 0 Å². The van der Waals surface area contributed by atoms with E-state index in [1.54, 1.807) is 24.3 Å². The average Bonchev–Trinajstić information content (AvgIpc) is 2.66. The van der Waals surface area contributed by atoms with E-state index in [9.17, 15) is 0 Å². The summed E-state index contributed by atoms with van der Waals surface area (Å²) in [5.41, 5.74) is 0.674. The molecule has 0 fully saturated rings. The van der Waals surface area contributed by atoms with E-state index in [1.807, 2.05) is 17.0 Å². The topological polar surface area (TPSA) is 50.4 Å². The molecule has 0 radical (unpaired) electrons. The fraction of sp³-hybridized carbons (Fsp3) is 0.600. The summed E-state index contributed by atoms with van der Waals surface area (Å²) in [5, 5.41) is 12.4. The molecule has 1 rings (SSSR count). The van der Waals surface area contributed by atoms with Crippen LogP contribution in [0.3, 0.4) is 0 Å². The molecule has 0 spiro atoms. The number of aromatic nitrogens is 2. The third-order valence-electron chi connectivity index (χ3n) is 2.30. The number of oxime groups is 1. The Balaban J connectivity index is 2.72. The molecular formula is C10H17N3OS. The van der Waals surface area contributed by atoms with E-state index in [4.69, 9.17) is 5.21 Å². The van der Waals surface area contributed by atoms with Gasteiger partial charge >= 0.3 is 0 Å². The average molecular weight is 227 g/mol. The van der Waals surface area contributed by atoms with Gasteiger partial charge in [-0.15, -0.1) is 0 Å². The summed E-state index contributed by atoms with van der Waals surface area (Å²) in [6.45, 7) is 4.75. The maximum Gasteiger partial charge on any atom is 0.0949 e. The quantitative estimate of drug-likeness (QED) is 0.476. The van der Waals surface area contributed by atoms with Crippen molar-refractivity contribution < 1.29 is 5.21 Å². The Bertz CT molecular complexity index is 319. The Morgan fingerprint density at radius 3 is 2.80 bits per heavy atom. The van der Waals surface area contributed by atoms with Gasteiger partial charge in [0.1, 0.15) is 0 Å². The summed E-state index contributed by atoms with van der Waals surface area (Å²) in [6.07, 6.45) is 7.35. The molecule has 1 heterocycles. The molecule has 1 N–H and O–H groups in total. The van der Waals surface area contributed by atoms with Gasteiger partial charge in [-0.3, -0.25) is 0 Å². The van der Waals surface area contributed by atoms with Crippen LogP contribution < -0.4 is 0 Å². The molecule has 15 heavy (non-hydrogen) atoms. The largest absolute Gasteiger partial charge is 0.411 e. The van der Waals surface area contributed by atoms with Crippen LogP contribution in [0.2, 0.25) is 0 Å². The van der Waals surface area contributed by atoms with Crippen LogP contribution in [0.1, 0.15) is 13.8 Å². The predicted molar refractivity (Wildman–Crippen MR) is 63.6 cm³/mol. The molecule has 0 bridgehead atoms. The van der Waals surface area contributed by atoms with E-state index >= 15 is 0 Å². The van der Waals surface area contributed by atoms with Crippen molar-refractivity contribution in [1.82, 2.24) is 9.55 Å². The fourth-order valence-corrected chi connectivity index (χ4v) is 2.27. The molecule has 4 nitrogen and oxygen atoms in total. The summed E-state index contributed by atoms with van der Waals surface area (Å²) in [5.74, 6) is 0.932. The monoisotopic (exact) mass is 227 g/mol. The second-order valence-corrected chi connectivity index (χ2v) is 4.96. The number of rotatable bonds is 5. The Morgan fingerprint density at radius 1 is 1.60 bits per heavy atom. The van der Waals surface area contributed by atoms with Gasteiger partial charge in [0, 0.05) is 23.6 Å². The third-order valence-corrected chi connectivity index (χ3v) is 3.31. The van der Waals surface area contributed by atoms with Gasteiger partial charge < -0.3 is 9.77 Å². The minimum absolute atomic E-state index is 0.0988. The molecule has 1 aromatic heterocycles. The third kappa shape index (κ3) is 3.27. The van der Waals surface area contributed by atoms with Crippen molar-refractivity contribution in [3.8, 4) is 0 Å². The maximum atomic E-state index is 9.03. The van der Waals surface area contributed by atoms with E-state index in [1.165, 1.54) is 0 Å². The first-order chi connectivity index (χ1) is 7.10. The first-order valence-electron chi connectivity index (χ1n) is 4.76. The van der Waals surface area contributed by atoms with Crippen LogP contribution in [0.15, 0.2) is 23.9 Å².